The van der Waals surface area contributed by atoms with Gasteiger partial charge in [0.1, 0.15) is 11.9 Å². The average molecular weight is 484 g/mol. The Hall–Kier alpha value is -3.26. The lowest BCUT2D eigenvalue weighted by atomic mass is 9.77. The van der Waals surface area contributed by atoms with Crippen LogP contribution in [0.15, 0.2) is 54.6 Å². The van der Waals surface area contributed by atoms with Gasteiger partial charge in [-0.15, -0.1) is 0 Å². The number of nitrogens with zero attached hydrogens (tertiary/aromatic N) is 1. The molecule has 2 aromatic rings. The number of hydroxylamine groups is 1. The largest absolute Gasteiger partial charge is 0.330 e. The molecule has 0 spiro atoms. The fourth-order valence-electron chi connectivity index (χ4n) is 4.94. The van der Waals surface area contributed by atoms with E-state index >= 15 is 0 Å². The monoisotopic (exact) mass is 483 g/mol. The zero-order valence-corrected chi connectivity index (χ0v) is 20.5. The van der Waals surface area contributed by atoms with Crippen molar-refractivity contribution in [3.63, 3.8) is 0 Å². The Morgan fingerprint density at radius 1 is 1.11 bits per heavy atom. The van der Waals surface area contributed by atoms with Gasteiger partial charge in [0.05, 0.1) is 5.41 Å². The Morgan fingerprint density at radius 2 is 1.77 bits per heavy atom. The van der Waals surface area contributed by atoms with E-state index in [-0.39, 0.29) is 24.1 Å². The summed E-state index contributed by atoms with van der Waals surface area (Å²) in [6, 6.07) is 14.5. The number of carbonyl (C=O) groups excluding carboxylic acids is 3. The van der Waals surface area contributed by atoms with Gasteiger partial charge in [0.15, 0.2) is 0 Å². The van der Waals surface area contributed by atoms with Crippen molar-refractivity contribution < 1.29 is 24.0 Å². The molecule has 1 aliphatic rings. The first-order valence-electron chi connectivity index (χ1n) is 11.9. The predicted octanol–water partition coefficient (Wildman–Crippen LogP) is 4.32. The molecule has 2 atom stereocenters. The van der Waals surface area contributed by atoms with E-state index in [2.05, 4.69) is 5.32 Å². The maximum atomic E-state index is 13.8. The molecule has 7 nitrogen and oxygen atoms in total. The molecule has 1 saturated heterocycles. The summed E-state index contributed by atoms with van der Waals surface area (Å²) in [4.78, 5) is 41.0. The Kier molecular flexibility index (Phi) is 8.27. The highest BCUT2D eigenvalue weighted by molar-refractivity contribution is 5.99. The van der Waals surface area contributed by atoms with E-state index in [0.717, 1.165) is 5.56 Å². The van der Waals surface area contributed by atoms with Gasteiger partial charge >= 0.3 is 0 Å². The number of para-hydroxylation sites is 1. The molecule has 35 heavy (non-hydrogen) atoms. The summed E-state index contributed by atoms with van der Waals surface area (Å²) >= 11 is 0. The molecule has 3 amide bonds. The van der Waals surface area contributed by atoms with E-state index in [0.29, 0.717) is 37.9 Å². The first-order chi connectivity index (χ1) is 16.6. The summed E-state index contributed by atoms with van der Waals surface area (Å²) in [7, 11) is 0. The van der Waals surface area contributed by atoms with Gasteiger partial charge in [-0.2, -0.15) is 0 Å². The van der Waals surface area contributed by atoms with E-state index in [1.165, 1.54) is 12.1 Å². The van der Waals surface area contributed by atoms with Crippen LogP contribution in [0.1, 0.15) is 52.0 Å². The second-order valence-corrected chi connectivity index (χ2v) is 10.3. The smallest absolute Gasteiger partial charge is 0.247 e. The number of amides is 3. The molecule has 8 heteroatoms. The van der Waals surface area contributed by atoms with E-state index in [4.69, 9.17) is 5.21 Å². The molecule has 1 heterocycles. The van der Waals surface area contributed by atoms with Gasteiger partial charge in [0, 0.05) is 18.7 Å². The third kappa shape index (κ3) is 6.45. The molecule has 0 radical (unpaired) electrons. The van der Waals surface area contributed by atoms with Gasteiger partial charge < -0.3 is 10.2 Å². The van der Waals surface area contributed by atoms with Crippen LogP contribution in [-0.2, 0) is 20.8 Å². The lowest BCUT2D eigenvalue weighted by Crippen LogP contribution is -2.54. The van der Waals surface area contributed by atoms with Gasteiger partial charge in [-0.05, 0) is 60.9 Å². The first-order valence-corrected chi connectivity index (χ1v) is 11.9. The standard InChI is InChI=1S/C27H34FN3O4/c1-26(2,3)23(24(33)29-21-9-5-4-6-10-21)31-17-16-27(25(31)34,18-22(32)30-35)15-7-8-19-11-13-20(28)14-12-19/h4-6,9-14,23,35H,7-8,15-18H2,1-3H3,(H,29,33)(H,30,32)/t23-,27-/m0/s1. The van der Waals surface area contributed by atoms with Crippen LogP contribution >= 0.6 is 0 Å². The molecule has 0 saturated carbocycles. The van der Waals surface area contributed by atoms with E-state index in [1.54, 1.807) is 34.6 Å². The number of halogens is 1. The molecular weight excluding hydrogens is 449 g/mol. The Labute approximate surface area is 205 Å². The predicted molar refractivity (Wildman–Crippen MR) is 131 cm³/mol. The highest BCUT2D eigenvalue weighted by atomic mass is 19.1. The molecule has 3 N–H and O–H groups in total. The number of carbonyl (C=O) groups is 3. The summed E-state index contributed by atoms with van der Waals surface area (Å²) < 4.78 is 13.2. The topological polar surface area (TPSA) is 98.7 Å². The van der Waals surface area contributed by atoms with Crippen LogP contribution in [0.3, 0.4) is 0 Å². The number of likely N-dealkylation sites (tertiary alicyclic amines) is 1. The second kappa shape index (κ2) is 11.0. The number of anilines is 1. The summed E-state index contributed by atoms with van der Waals surface area (Å²) in [6.07, 6.45) is 1.85. The van der Waals surface area contributed by atoms with Crippen LogP contribution in [0.2, 0.25) is 0 Å². The normalized spacial score (nSPS) is 18.9. The number of rotatable bonds is 9. The third-order valence-corrected chi connectivity index (χ3v) is 6.63. The number of hydrogen-bond donors (Lipinski definition) is 3. The van der Waals surface area contributed by atoms with Crippen LogP contribution in [0.4, 0.5) is 10.1 Å². The van der Waals surface area contributed by atoms with Crippen molar-refractivity contribution in [2.75, 3.05) is 11.9 Å². The zero-order chi connectivity index (χ0) is 25.6. The van der Waals surface area contributed by atoms with Crippen molar-refractivity contribution in [2.45, 2.75) is 58.9 Å². The van der Waals surface area contributed by atoms with E-state index in [1.807, 2.05) is 39.0 Å². The SMILES string of the molecule is CC(C)(C)[C@H](C(=O)Nc1ccccc1)N1CC[C@@](CCCc2ccc(F)cc2)(CC(=O)NO)C1=O. The summed E-state index contributed by atoms with van der Waals surface area (Å²) in [5.41, 5.74) is 1.65. The highest BCUT2D eigenvalue weighted by Gasteiger charge is 2.52. The van der Waals surface area contributed by atoms with Gasteiger partial charge in [-0.3, -0.25) is 19.6 Å². The number of nitrogens with one attached hydrogen (secondary N) is 2. The molecule has 3 rings (SSSR count). The van der Waals surface area contributed by atoms with Crippen molar-refractivity contribution in [1.29, 1.82) is 0 Å². The highest BCUT2D eigenvalue weighted by Crippen LogP contribution is 2.43. The summed E-state index contributed by atoms with van der Waals surface area (Å²) in [5.74, 6) is -1.49. The van der Waals surface area contributed by atoms with Crippen LogP contribution in [0, 0.1) is 16.6 Å². The summed E-state index contributed by atoms with van der Waals surface area (Å²) in [5, 5.41) is 12.1. The first kappa shape index (κ1) is 26.3. The van der Waals surface area contributed by atoms with Crippen molar-refractivity contribution in [3.05, 3.63) is 66.0 Å². The molecule has 0 aromatic heterocycles. The number of aryl methyl sites for hydroxylation is 1. The molecule has 1 fully saturated rings. The van der Waals surface area contributed by atoms with Crippen molar-refractivity contribution >= 4 is 23.4 Å². The Bertz CT molecular complexity index is 1040. The molecule has 0 bridgehead atoms. The minimum Gasteiger partial charge on any atom is -0.330 e. The van der Waals surface area contributed by atoms with E-state index < -0.39 is 22.8 Å². The van der Waals surface area contributed by atoms with Crippen molar-refractivity contribution in [1.82, 2.24) is 10.4 Å². The van der Waals surface area contributed by atoms with Gasteiger partial charge in [0.2, 0.25) is 17.7 Å². The maximum absolute atomic E-state index is 13.8. The maximum Gasteiger partial charge on any atom is 0.247 e. The van der Waals surface area contributed by atoms with Crippen LogP contribution < -0.4 is 10.8 Å². The second-order valence-electron chi connectivity index (χ2n) is 10.3. The molecule has 0 unspecified atom stereocenters. The fraction of sp³-hybridized carbons (Fsp3) is 0.444. The molecule has 1 aliphatic heterocycles. The molecule has 0 aliphatic carbocycles. The molecule has 2 aromatic carbocycles. The van der Waals surface area contributed by atoms with Crippen molar-refractivity contribution in [3.8, 4) is 0 Å². The van der Waals surface area contributed by atoms with Crippen LogP contribution in [0.5, 0.6) is 0 Å². The van der Waals surface area contributed by atoms with Gasteiger partial charge in [0.25, 0.3) is 0 Å². The van der Waals surface area contributed by atoms with E-state index in [9.17, 15) is 18.8 Å². The number of benzene rings is 2. The Balaban J connectivity index is 1.81. The molecule has 188 valence electrons. The minimum atomic E-state index is -1.02. The average Bonchev–Trinajstić information content (AvgIpc) is 3.10. The van der Waals surface area contributed by atoms with Gasteiger partial charge in [-0.1, -0.05) is 51.1 Å². The molecular formula is C27H34FN3O4. The minimum absolute atomic E-state index is 0.167. The lowest BCUT2D eigenvalue weighted by molar-refractivity contribution is -0.148. The quantitative estimate of drug-likeness (QED) is 0.366. The van der Waals surface area contributed by atoms with Crippen LogP contribution in [0.25, 0.3) is 0 Å². The third-order valence-electron chi connectivity index (χ3n) is 6.63. The Morgan fingerprint density at radius 3 is 2.37 bits per heavy atom. The fourth-order valence-corrected chi connectivity index (χ4v) is 4.94. The van der Waals surface area contributed by atoms with Gasteiger partial charge in [-0.25, -0.2) is 9.87 Å². The summed E-state index contributed by atoms with van der Waals surface area (Å²) in [6.45, 7) is 6.05. The van der Waals surface area contributed by atoms with Crippen LogP contribution in [-0.4, -0.2) is 40.4 Å². The lowest BCUT2D eigenvalue weighted by Gasteiger charge is -2.38. The van der Waals surface area contributed by atoms with Crippen molar-refractivity contribution in [2.24, 2.45) is 10.8 Å². The zero-order valence-electron chi connectivity index (χ0n) is 20.5. The number of hydrogen-bond acceptors (Lipinski definition) is 4.